The fourth-order valence-electron chi connectivity index (χ4n) is 6.28. The molecular formula is C32H41N7O2. The summed E-state index contributed by atoms with van der Waals surface area (Å²) in [6, 6.07) is 6.62. The van der Waals surface area contributed by atoms with Crippen molar-refractivity contribution >= 4 is 29.5 Å². The van der Waals surface area contributed by atoms with Crippen molar-refractivity contribution in [2.45, 2.75) is 66.8 Å². The van der Waals surface area contributed by atoms with Crippen LogP contribution in [0.5, 0.6) is 0 Å². The van der Waals surface area contributed by atoms with Gasteiger partial charge in [-0.25, -0.2) is 9.97 Å². The zero-order valence-corrected chi connectivity index (χ0v) is 25.1. The lowest BCUT2D eigenvalue weighted by Gasteiger charge is -2.40. The number of aromatic nitrogens is 3. The molecule has 216 valence electrons. The van der Waals surface area contributed by atoms with E-state index in [2.05, 4.69) is 52.1 Å². The van der Waals surface area contributed by atoms with E-state index in [1.807, 2.05) is 27.8 Å². The number of carboxylic acids is 1. The molecule has 0 atom stereocenters. The molecule has 2 aliphatic rings. The fourth-order valence-corrected chi connectivity index (χ4v) is 6.28. The second kappa shape index (κ2) is 11.1. The van der Waals surface area contributed by atoms with E-state index in [9.17, 15) is 9.90 Å². The number of anilines is 3. The number of carbonyl (C=O) groups is 1. The molecule has 5 rings (SSSR count). The number of benzene rings is 1. The van der Waals surface area contributed by atoms with Crippen molar-refractivity contribution in [2.75, 3.05) is 41.8 Å². The largest absolute Gasteiger partial charge is 0.481 e. The first-order chi connectivity index (χ1) is 19.5. The van der Waals surface area contributed by atoms with Crippen LogP contribution >= 0.6 is 0 Å². The van der Waals surface area contributed by atoms with Crippen molar-refractivity contribution in [3.05, 3.63) is 57.7 Å². The van der Waals surface area contributed by atoms with Crippen LogP contribution < -0.4 is 15.1 Å². The predicted molar refractivity (Wildman–Crippen MR) is 165 cm³/mol. The Bertz CT molecular complexity index is 1500. The lowest BCUT2D eigenvalue weighted by atomic mass is 9.82. The van der Waals surface area contributed by atoms with E-state index in [0.29, 0.717) is 23.8 Å². The van der Waals surface area contributed by atoms with Crippen molar-refractivity contribution in [1.29, 1.82) is 5.41 Å². The van der Waals surface area contributed by atoms with Gasteiger partial charge in [-0.2, -0.15) is 0 Å². The number of aliphatic carboxylic acids is 1. The molecule has 0 radical (unpaired) electrons. The monoisotopic (exact) mass is 555 g/mol. The zero-order chi connectivity index (χ0) is 29.5. The topological polar surface area (TPSA) is 118 Å². The molecule has 4 heterocycles. The number of hydrogen-bond donors (Lipinski definition) is 3. The second-order valence-corrected chi connectivity index (χ2v) is 12.1. The summed E-state index contributed by atoms with van der Waals surface area (Å²) in [5.74, 6) is 1.28. The normalized spacial score (nSPS) is 16.3. The number of nitrogens with zero attached hydrogens (tertiary/aromatic N) is 5. The number of carboxylic acid groups (broad SMARTS) is 1. The van der Waals surface area contributed by atoms with Crippen molar-refractivity contribution < 1.29 is 9.90 Å². The van der Waals surface area contributed by atoms with Crippen LogP contribution in [0.15, 0.2) is 18.2 Å². The van der Waals surface area contributed by atoms with Gasteiger partial charge >= 0.3 is 5.97 Å². The Balaban J connectivity index is 1.55. The molecule has 0 spiro atoms. The van der Waals surface area contributed by atoms with Crippen LogP contribution in [0.3, 0.4) is 0 Å². The molecule has 3 N–H and O–H groups in total. The lowest BCUT2D eigenvalue weighted by Crippen LogP contribution is -2.38. The number of hydrogen-bond acceptors (Lipinski definition) is 8. The van der Waals surface area contributed by atoms with E-state index in [1.54, 1.807) is 0 Å². The summed E-state index contributed by atoms with van der Waals surface area (Å²) in [6.07, 6.45) is 4.25. The number of piperidine rings is 1. The quantitative estimate of drug-likeness (QED) is 0.335. The van der Waals surface area contributed by atoms with E-state index in [0.717, 1.165) is 78.5 Å². The van der Waals surface area contributed by atoms with Gasteiger partial charge in [0.25, 0.3) is 0 Å². The third kappa shape index (κ3) is 5.62. The van der Waals surface area contributed by atoms with Crippen LogP contribution in [0.2, 0.25) is 0 Å². The van der Waals surface area contributed by atoms with Crippen LogP contribution in [0.4, 0.5) is 17.3 Å². The highest BCUT2D eigenvalue weighted by Crippen LogP contribution is 2.42. The van der Waals surface area contributed by atoms with Gasteiger partial charge in [0.2, 0.25) is 0 Å². The minimum absolute atomic E-state index is 0.0381. The van der Waals surface area contributed by atoms with Gasteiger partial charge in [0, 0.05) is 62.0 Å². The number of pyridine rings is 1. The highest BCUT2D eigenvalue weighted by Gasteiger charge is 2.31. The van der Waals surface area contributed by atoms with Gasteiger partial charge in [0.05, 0.1) is 17.7 Å². The van der Waals surface area contributed by atoms with E-state index in [-0.39, 0.29) is 11.8 Å². The van der Waals surface area contributed by atoms with Crippen molar-refractivity contribution in [2.24, 2.45) is 5.41 Å². The molecule has 41 heavy (non-hydrogen) atoms. The van der Waals surface area contributed by atoms with Crippen molar-refractivity contribution in [3.63, 3.8) is 0 Å². The minimum Gasteiger partial charge on any atom is -0.481 e. The average molecular weight is 556 g/mol. The molecule has 1 aromatic carbocycles. The molecule has 0 unspecified atom stereocenters. The Morgan fingerprint density at radius 1 is 1.05 bits per heavy atom. The average Bonchev–Trinajstić information content (AvgIpc) is 2.93. The first-order valence-corrected chi connectivity index (χ1v) is 14.4. The molecule has 0 bridgehead atoms. The van der Waals surface area contributed by atoms with Crippen LogP contribution in [0.1, 0.15) is 66.2 Å². The molecule has 0 aliphatic carbocycles. The summed E-state index contributed by atoms with van der Waals surface area (Å²) >= 11 is 0. The smallest absolute Gasteiger partial charge is 0.307 e. The molecule has 1 fully saturated rings. The Kier molecular flexibility index (Phi) is 7.72. The van der Waals surface area contributed by atoms with Crippen LogP contribution in [0, 0.1) is 31.6 Å². The molecule has 2 aliphatic heterocycles. The van der Waals surface area contributed by atoms with Gasteiger partial charge in [-0.1, -0.05) is 32.0 Å². The summed E-state index contributed by atoms with van der Waals surface area (Å²) in [6.45, 7) is 13.8. The van der Waals surface area contributed by atoms with Gasteiger partial charge in [-0.3, -0.25) is 9.78 Å². The lowest BCUT2D eigenvalue weighted by molar-refractivity contribution is -0.136. The second-order valence-electron chi connectivity index (χ2n) is 12.1. The third-order valence-corrected chi connectivity index (χ3v) is 8.64. The summed E-state index contributed by atoms with van der Waals surface area (Å²) in [5, 5.41) is 20.9. The van der Waals surface area contributed by atoms with Gasteiger partial charge in [-0.15, -0.1) is 0 Å². The molecule has 0 amide bonds. The Morgan fingerprint density at radius 3 is 2.44 bits per heavy atom. The third-order valence-electron chi connectivity index (χ3n) is 8.64. The van der Waals surface area contributed by atoms with E-state index < -0.39 is 5.97 Å². The Labute approximate surface area is 242 Å². The fraction of sp³-hybridized carbons (Fsp3) is 0.469. The predicted octanol–water partition coefficient (Wildman–Crippen LogP) is 5.32. The standard InChI is InChI=1S/C32H41N7O2/c1-19-25(16-27(40)41)29(38-13-10-32(4,5)11-14-38)28(20(2)35-19)23-7-8-24-18-39(12-9-22(24)15-23)31-26(17-33)30(34-6)36-21(3)37-31/h7-8,15,17,33H,9-14,16,18H2,1-6H3,(H,40,41)(H,34,36,37). The molecule has 1 saturated heterocycles. The molecule has 9 nitrogen and oxygen atoms in total. The number of nitrogens with one attached hydrogen (secondary N) is 2. The van der Waals surface area contributed by atoms with Gasteiger partial charge in [0.15, 0.2) is 0 Å². The van der Waals surface area contributed by atoms with Gasteiger partial charge < -0.3 is 25.6 Å². The van der Waals surface area contributed by atoms with Crippen LogP contribution in [0.25, 0.3) is 11.1 Å². The molecule has 9 heteroatoms. The van der Waals surface area contributed by atoms with Gasteiger partial charge in [-0.05, 0) is 62.1 Å². The van der Waals surface area contributed by atoms with E-state index in [1.165, 1.54) is 17.3 Å². The Hall–Kier alpha value is -4.01. The molecular weight excluding hydrogens is 514 g/mol. The maximum atomic E-state index is 12.0. The molecule has 2 aromatic heterocycles. The minimum atomic E-state index is -0.834. The van der Waals surface area contributed by atoms with Crippen molar-refractivity contribution in [1.82, 2.24) is 15.0 Å². The molecule has 0 saturated carbocycles. The Morgan fingerprint density at radius 2 is 1.78 bits per heavy atom. The van der Waals surface area contributed by atoms with E-state index >= 15 is 0 Å². The number of rotatable bonds is 7. The SMILES string of the molecule is CNc1nc(C)nc(N2CCc3cc(-c4c(C)nc(C)c(CC(=O)O)c4N4CCC(C)(C)CC4)ccc3C2)c1C=N. The zero-order valence-electron chi connectivity index (χ0n) is 25.1. The maximum absolute atomic E-state index is 12.0. The summed E-state index contributed by atoms with van der Waals surface area (Å²) < 4.78 is 0. The first-order valence-electron chi connectivity index (χ1n) is 14.4. The van der Waals surface area contributed by atoms with Crippen molar-refractivity contribution in [3.8, 4) is 11.1 Å². The maximum Gasteiger partial charge on any atom is 0.307 e. The number of aryl methyl sites for hydroxylation is 3. The number of fused-ring (bicyclic) bond motifs is 1. The molecule has 3 aromatic rings. The first kappa shape index (κ1) is 28.5. The van der Waals surface area contributed by atoms with Crippen LogP contribution in [-0.2, 0) is 24.2 Å². The van der Waals surface area contributed by atoms with Crippen LogP contribution in [-0.4, -0.2) is 58.9 Å². The van der Waals surface area contributed by atoms with E-state index in [4.69, 9.17) is 15.4 Å². The highest BCUT2D eigenvalue weighted by molar-refractivity contribution is 5.91. The summed E-state index contributed by atoms with van der Waals surface area (Å²) in [4.78, 5) is 30.6. The van der Waals surface area contributed by atoms with Gasteiger partial charge in [0.1, 0.15) is 17.5 Å². The summed E-state index contributed by atoms with van der Waals surface area (Å²) in [5.41, 5.74) is 9.20. The summed E-state index contributed by atoms with van der Waals surface area (Å²) in [7, 11) is 1.81. The highest BCUT2D eigenvalue weighted by atomic mass is 16.4.